The Morgan fingerprint density at radius 3 is 3.05 bits per heavy atom. The minimum Gasteiger partial charge on any atom is -0.362 e. The van der Waals surface area contributed by atoms with Crippen molar-refractivity contribution in [3.8, 4) is 0 Å². The summed E-state index contributed by atoms with van der Waals surface area (Å²) in [6.45, 7) is 4.84. The third-order valence-electron chi connectivity index (χ3n) is 4.31. The Labute approximate surface area is 132 Å². The number of thiazole rings is 1. The molecule has 1 aliphatic rings. The summed E-state index contributed by atoms with van der Waals surface area (Å²) in [5.74, 6) is 0. The first kappa shape index (κ1) is 13.5. The maximum atomic E-state index is 12.3. The fourth-order valence-electron chi connectivity index (χ4n) is 3.23. The Morgan fingerprint density at radius 2 is 2.18 bits per heavy atom. The van der Waals surface area contributed by atoms with Crippen LogP contribution in [0, 0.1) is 6.92 Å². The number of nitrogens with zero attached hydrogens (tertiary/aromatic N) is 3. The first-order valence-corrected chi connectivity index (χ1v) is 8.33. The van der Waals surface area contributed by atoms with Crippen molar-refractivity contribution in [2.75, 3.05) is 4.90 Å². The topological polar surface area (TPSA) is 37.6 Å². The van der Waals surface area contributed by atoms with Gasteiger partial charge >= 0.3 is 0 Å². The van der Waals surface area contributed by atoms with E-state index in [2.05, 4.69) is 41.1 Å². The van der Waals surface area contributed by atoms with Crippen LogP contribution in [0.25, 0.3) is 4.96 Å². The zero-order valence-electron chi connectivity index (χ0n) is 12.6. The van der Waals surface area contributed by atoms with Gasteiger partial charge in [-0.05, 0) is 31.9 Å². The van der Waals surface area contributed by atoms with Crippen LogP contribution in [0.2, 0.25) is 0 Å². The van der Waals surface area contributed by atoms with E-state index in [1.807, 2.05) is 12.3 Å². The summed E-state index contributed by atoms with van der Waals surface area (Å²) in [5, 5.41) is 1.97. The lowest BCUT2D eigenvalue weighted by atomic mass is 10.1. The maximum absolute atomic E-state index is 12.3. The Kier molecular flexibility index (Phi) is 3.04. The summed E-state index contributed by atoms with van der Waals surface area (Å²) in [7, 11) is 0. The highest BCUT2D eigenvalue weighted by Gasteiger charge is 2.26. The molecular formula is C17H17N3OS. The SMILES string of the molecule is Cc1csc2nc(CN3c4ccccc4CC3C)cc(=O)n12. The molecule has 4 rings (SSSR count). The molecule has 1 atom stereocenters. The molecular weight excluding hydrogens is 294 g/mol. The number of benzene rings is 1. The van der Waals surface area contributed by atoms with E-state index < -0.39 is 0 Å². The molecule has 0 saturated heterocycles. The number of para-hydroxylation sites is 1. The molecule has 0 aliphatic carbocycles. The monoisotopic (exact) mass is 311 g/mol. The Bertz CT molecular complexity index is 912. The number of aryl methyl sites for hydroxylation is 1. The van der Waals surface area contributed by atoms with E-state index in [-0.39, 0.29) is 5.56 Å². The zero-order valence-corrected chi connectivity index (χ0v) is 13.4. The van der Waals surface area contributed by atoms with Crippen molar-refractivity contribution in [3.05, 3.63) is 63.0 Å². The molecule has 1 aliphatic heterocycles. The molecule has 112 valence electrons. The molecule has 0 N–H and O–H groups in total. The number of hydrogen-bond donors (Lipinski definition) is 0. The van der Waals surface area contributed by atoms with Gasteiger partial charge in [0, 0.05) is 28.9 Å². The van der Waals surface area contributed by atoms with Gasteiger partial charge in [0.2, 0.25) is 0 Å². The number of anilines is 1. The number of fused-ring (bicyclic) bond motifs is 2. The molecule has 0 bridgehead atoms. The van der Waals surface area contributed by atoms with Crippen LogP contribution in [0.3, 0.4) is 0 Å². The van der Waals surface area contributed by atoms with E-state index in [1.165, 1.54) is 22.6 Å². The Hall–Kier alpha value is -2.14. The van der Waals surface area contributed by atoms with Gasteiger partial charge in [0.15, 0.2) is 4.96 Å². The van der Waals surface area contributed by atoms with Crippen LogP contribution in [-0.4, -0.2) is 15.4 Å². The van der Waals surface area contributed by atoms with Gasteiger partial charge in [0.25, 0.3) is 5.56 Å². The highest BCUT2D eigenvalue weighted by atomic mass is 32.1. The van der Waals surface area contributed by atoms with Crippen molar-refractivity contribution in [3.63, 3.8) is 0 Å². The molecule has 0 saturated carbocycles. The van der Waals surface area contributed by atoms with Crippen molar-refractivity contribution in [2.24, 2.45) is 0 Å². The summed E-state index contributed by atoms with van der Waals surface area (Å²) in [5.41, 5.74) is 4.44. The predicted molar refractivity (Wildman–Crippen MR) is 89.9 cm³/mol. The largest absolute Gasteiger partial charge is 0.362 e. The van der Waals surface area contributed by atoms with Crippen molar-refractivity contribution in [2.45, 2.75) is 32.9 Å². The second kappa shape index (κ2) is 4.95. The van der Waals surface area contributed by atoms with Crippen LogP contribution in [0.1, 0.15) is 23.9 Å². The molecule has 0 spiro atoms. The van der Waals surface area contributed by atoms with Crippen LogP contribution < -0.4 is 10.5 Å². The van der Waals surface area contributed by atoms with Crippen LogP contribution in [0.15, 0.2) is 40.5 Å². The molecule has 0 fully saturated rings. The molecule has 0 radical (unpaired) electrons. The minimum atomic E-state index is 0.0129. The first-order chi connectivity index (χ1) is 10.6. The lowest BCUT2D eigenvalue weighted by molar-refractivity contribution is 0.664. The van der Waals surface area contributed by atoms with E-state index in [0.29, 0.717) is 12.6 Å². The van der Waals surface area contributed by atoms with Crippen LogP contribution in [0.4, 0.5) is 5.69 Å². The highest BCUT2D eigenvalue weighted by molar-refractivity contribution is 7.15. The molecule has 3 aromatic rings. The van der Waals surface area contributed by atoms with Gasteiger partial charge < -0.3 is 4.90 Å². The second-order valence-corrected chi connectivity index (χ2v) is 6.73. The third-order valence-corrected chi connectivity index (χ3v) is 5.25. The molecule has 0 amide bonds. The Morgan fingerprint density at radius 1 is 1.36 bits per heavy atom. The average molecular weight is 311 g/mol. The smallest absolute Gasteiger partial charge is 0.259 e. The van der Waals surface area contributed by atoms with Crippen molar-refractivity contribution < 1.29 is 0 Å². The summed E-state index contributed by atoms with van der Waals surface area (Å²) in [6, 6.07) is 10.6. The van der Waals surface area contributed by atoms with E-state index >= 15 is 0 Å². The van der Waals surface area contributed by atoms with Gasteiger partial charge in [-0.15, -0.1) is 11.3 Å². The average Bonchev–Trinajstić information content (AvgIpc) is 3.01. The molecule has 1 aromatic carbocycles. The van der Waals surface area contributed by atoms with Crippen molar-refractivity contribution in [1.29, 1.82) is 0 Å². The highest BCUT2D eigenvalue weighted by Crippen LogP contribution is 2.32. The predicted octanol–water partition coefficient (Wildman–Crippen LogP) is 3.02. The van der Waals surface area contributed by atoms with E-state index in [1.54, 1.807) is 10.5 Å². The van der Waals surface area contributed by atoms with Crippen molar-refractivity contribution >= 4 is 22.0 Å². The molecule has 4 nitrogen and oxygen atoms in total. The molecule has 5 heteroatoms. The van der Waals surface area contributed by atoms with Crippen LogP contribution >= 0.6 is 11.3 Å². The molecule has 2 aromatic heterocycles. The quantitative estimate of drug-likeness (QED) is 0.730. The van der Waals surface area contributed by atoms with E-state index in [0.717, 1.165) is 22.8 Å². The summed E-state index contributed by atoms with van der Waals surface area (Å²) >= 11 is 1.52. The third kappa shape index (κ3) is 2.04. The normalized spacial score (nSPS) is 17.2. The maximum Gasteiger partial charge on any atom is 0.259 e. The molecule has 3 heterocycles. The summed E-state index contributed by atoms with van der Waals surface area (Å²) in [4.78, 5) is 20.1. The van der Waals surface area contributed by atoms with Gasteiger partial charge in [-0.1, -0.05) is 18.2 Å². The standard InChI is InChI=1S/C17H17N3OS/c1-11-7-13-5-3-4-6-15(13)19(11)9-14-8-16(21)20-12(2)10-22-17(20)18-14/h3-6,8,10-11H,7,9H2,1-2H3. The van der Waals surface area contributed by atoms with E-state index in [9.17, 15) is 4.79 Å². The van der Waals surface area contributed by atoms with Gasteiger partial charge in [-0.3, -0.25) is 9.20 Å². The van der Waals surface area contributed by atoms with Crippen LogP contribution in [-0.2, 0) is 13.0 Å². The first-order valence-electron chi connectivity index (χ1n) is 7.45. The fraction of sp³-hybridized carbons (Fsp3) is 0.294. The fourth-order valence-corrected chi connectivity index (χ4v) is 4.12. The molecule has 1 unspecified atom stereocenters. The van der Waals surface area contributed by atoms with Crippen molar-refractivity contribution in [1.82, 2.24) is 9.38 Å². The lowest BCUT2D eigenvalue weighted by Gasteiger charge is -2.24. The van der Waals surface area contributed by atoms with Crippen LogP contribution in [0.5, 0.6) is 0 Å². The van der Waals surface area contributed by atoms with E-state index in [4.69, 9.17) is 0 Å². The molecule has 22 heavy (non-hydrogen) atoms. The van der Waals surface area contributed by atoms with Gasteiger partial charge in [-0.2, -0.15) is 0 Å². The summed E-state index contributed by atoms with van der Waals surface area (Å²) < 4.78 is 1.68. The second-order valence-electron chi connectivity index (χ2n) is 5.89. The van der Waals surface area contributed by atoms with Gasteiger partial charge in [0.05, 0.1) is 12.2 Å². The van der Waals surface area contributed by atoms with Gasteiger partial charge in [-0.25, -0.2) is 4.98 Å². The zero-order chi connectivity index (χ0) is 15.3. The number of hydrogen-bond acceptors (Lipinski definition) is 4. The lowest BCUT2D eigenvalue weighted by Crippen LogP contribution is -2.30. The number of rotatable bonds is 2. The van der Waals surface area contributed by atoms with Gasteiger partial charge in [0.1, 0.15) is 0 Å². The Balaban J connectivity index is 1.74. The summed E-state index contributed by atoms with van der Waals surface area (Å²) in [6.07, 6.45) is 1.05. The number of aromatic nitrogens is 2. The minimum absolute atomic E-state index is 0.0129.